The summed E-state index contributed by atoms with van der Waals surface area (Å²) in [5.41, 5.74) is 2.49. The number of pyridine rings is 1. The Bertz CT molecular complexity index is 710. The molecule has 1 aliphatic heterocycles. The summed E-state index contributed by atoms with van der Waals surface area (Å²) in [7, 11) is 0. The molecule has 23 heavy (non-hydrogen) atoms. The Hall–Kier alpha value is -2.05. The summed E-state index contributed by atoms with van der Waals surface area (Å²) in [6, 6.07) is 9.47. The second-order valence-corrected chi connectivity index (χ2v) is 5.93. The second-order valence-electron chi connectivity index (χ2n) is 4.91. The first-order valence-corrected chi connectivity index (χ1v) is 7.95. The molecule has 0 unspecified atom stereocenters. The van der Waals surface area contributed by atoms with Crippen molar-refractivity contribution in [2.24, 2.45) is 0 Å². The first-order chi connectivity index (χ1) is 10.7. The summed E-state index contributed by atoms with van der Waals surface area (Å²) in [5.74, 6) is 0.363. The van der Waals surface area contributed by atoms with E-state index in [1.165, 1.54) is 0 Å². The van der Waals surface area contributed by atoms with Crippen molar-refractivity contribution in [3.63, 3.8) is 0 Å². The molecular formula is C16H16ClN3O2S. The van der Waals surface area contributed by atoms with Crippen molar-refractivity contribution in [2.75, 3.05) is 17.6 Å². The van der Waals surface area contributed by atoms with Crippen molar-refractivity contribution in [2.45, 2.75) is 11.3 Å². The maximum Gasteiger partial charge on any atom is 0.252 e. The molecule has 1 aromatic heterocycles. The van der Waals surface area contributed by atoms with Gasteiger partial charge in [0.2, 0.25) is 5.91 Å². The third-order valence-corrected chi connectivity index (χ3v) is 4.37. The van der Waals surface area contributed by atoms with Crippen LogP contribution in [0.1, 0.15) is 15.9 Å². The summed E-state index contributed by atoms with van der Waals surface area (Å²) in [6.45, 7) is 0.535. The number of nitrogens with zero attached hydrogens (tertiary/aromatic N) is 1. The second kappa shape index (κ2) is 7.99. The van der Waals surface area contributed by atoms with Crippen LogP contribution in [0.4, 0.5) is 5.69 Å². The van der Waals surface area contributed by atoms with Crippen molar-refractivity contribution in [3.05, 3.63) is 53.9 Å². The number of nitrogens with one attached hydrogen (secondary N) is 2. The van der Waals surface area contributed by atoms with Crippen LogP contribution >= 0.6 is 24.2 Å². The molecule has 0 fully saturated rings. The molecule has 5 nitrogen and oxygen atoms in total. The Morgan fingerprint density at radius 1 is 1.35 bits per heavy atom. The van der Waals surface area contributed by atoms with E-state index in [-0.39, 0.29) is 24.2 Å². The maximum atomic E-state index is 11.9. The normalized spacial score (nSPS) is 12.6. The number of halogens is 1. The van der Waals surface area contributed by atoms with Crippen molar-refractivity contribution in [1.82, 2.24) is 10.3 Å². The van der Waals surface area contributed by atoms with Crippen LogP contribution in [-0.4, -0.2) is 29.1 Å². The highest BCUT2D eigenvalue weighted by Crippen LogP contribution is 2.31. The molecule has 0 saturated carbocycles. The fourth-order valence-corrected chi connectivity index (χ4v) is 2.99. The van der Waals surface area contributed by atoms with Gasteiger partial charge in [0.15, 0.2) is 0 Å². The van der Waals surface area contributed by atoms with E-state index in [2.05, 4.69) is 15.6 Å². The summed E-state index contributed by atoms with van der Waals surface area (Å²) >= 11 is 1.54. The lowest BCUT2D eigenvalue weighted by Gasteiger charge is -2.17. The minimum Gasteiger partial charge on any atom is -0.352 e. The number of fused-ring (bicyclic) bond motifs is 1. The fraction of sp³-hybridized carbons (Fsp3) is 0.188. The molecule has 3 rings (SSSR count). The number of amides is 2. The summed E-state index contributed by atoms with van der Waals surface area (Å²) in [4.78, 5) is 28.3. The van der Waals surface area contributed by atoms with Gasteiger partial charge in [-0.2, -0.15) is 0 Å². The zero-order chi connectivity index (χ0) is 15.4. The number of hydrogen-bond donors (Lipinski definition) is 2. The molecule has 7 heteroatoms. The minimum atomic E-state index is -0.130. The molecule has 120 valence electrons. The van der Waals surface area contributed by atoms with Gasteiger partial charge in [0.05, 0.1) is 17.0 Å². The number of hydrogen-bond acceptors (Lipinski definition) is 4. The molecule has 2 amide bonds. The smallest absolute Gasteiger partial charge is 0.252 e. The lowest BCUT2D eigenvalue weighted by Crippen LogP contribution is -2.25. The number of carbonyl (C=O) groups is 2. The molecule has 2 N–H and O–H groups in total. The molecule has 0 bridgehead atoms. The van der Waals surface area contributed by atoms with Crippen LogP contribution in [0.2, 0.25) is 0 Å². The van der Waals surface area contributed by atoms with E-state index in [0.717, 1.165) is 16.1 Å². The van der Waals surface area contributed by atoms with Gasteiger partial charge in [0.1, 0.15) is 0 Å². The van der Waals surface area contributed by atoms with Crippen molar-refractivity contribution >= 4 is 41.7 Å². The third kappa shape index (κ3) is 4.46. The topological polar surface area (TPSA) is 71.1 Å². The predicted octanol–water partition coefficient (Wildman–Crippen LogP) is 2.52. The maximum absolute atomic E-state index is 11.9. The van der Waals surface area contributed by atoms with Crippen LogP contribution in [0.5, 0.6) is 0 Å². The molecule has 1 aromatic carbocycles. The van der Waals surface area contributed by atoms with E-state index in [0.29, 0.717) is 24.3 Å². The largest absolute Gasteiger partial charge is 0.352 e. The predicted molar refractivity (Wildman–Crippen MR) is 93.3 cm³/mol. The van der Waals surface area contributed by atoms with Crippen molar-refractivity contribution in [1.29, 1.82) is 0 Å². The average molecular weight is 350 g/mol. The van der Waals surface area contributed by atoms with Crippen LogP contribution in [-0.2, 0) is 11.2 Å². The molecule has 1 aliphatic rings. The number of carbonyl (C=O) groups excluding carboxylic acids is 2. The third-order valence-electron chi connectivity index (χ3n) is 3.30. The van der Waals surface area contributed by atoms with Crippen LogP contribution in [0, 0.1) is 0 Å². The number of benzene rings is 1. The molecule has 0 saturated heterocycles. The lowest BCUT2D eigenvalue weighted by atomic mass is 10.1. The molecule has 0 aliphatic carbocycles. The van der Waals surface area contributed by atoms with E-state index in [1.807, 2.05) is 18.2 Å². The van der Waals surface area contributed by atoms with Crippen molar-refractivity contribution in [3.8, 4) is 0 Å². The molecule has 2 heterocycles. The summed E-state index contributed by atoms with van der Waals surface area (Å²) in [6.07, 6.45) is 3.89. The highest BCUT2D eigenvalue weighted by atomic mass is 35.5. The van der Waals surface area contributed by atoms with E-state index >= 15 is 0 Å². The molecule has 0 spiro atoms. The van der Waals surface area contributed by atoms with Crippen LogP contribution in [0.25, 0.3) is 0 Å². The highest BCUT2D eigenvalue weighted by molar-refractivity contribution is 8.00. The minimum absolute atomic E-state index is 0. The van der Waals surface area contributed by atoms with E-state index in [1.54, 1.807) is 36.3 Å². The molecule has 2 aromatic rings. The standard InChI is InChI=1S/C16H15N3O2S.ClH/c20-15-10-22-14-4-3-11(8-13(14)19-15)5-7-18-16(21)12-2-1-6-17-9-12;/h1-4,6,8-9H,5,7,10H2,(H,18,21)(H,19,20);1H. The highest BCUT2D eigenvalue weighted by Gasteiger charge is 2.15. The Morgan fingerprint density at radius 2 is 2.22 bits per heavy atom. The van der Waals surface area contributed by atoms with Gasteiger partial charge in [-0.25, -0.2) is 0 Å². The van der Waals surface area contributed by atoms with Gasteiger partial charge >= 0.3 is 0 Å². The van der Waals surface area contributed by atoms with E-state index < -0.39 is 0 Å². The quantitative estimate of drug-likeness (QED) is 0.889. The zero-order valence-electron chi connectivity index (χ0n) is 12.2. The first kappa shape index (κ1) is 17.3. The van der Waals surface area contributed by atoms with E-state index in [4.69, 9.17) is 0 Å². The lowest BCUT2D eigenvalue weighted by molar-refractivity contribution is -0.113. The molecule has 0 atom stereocenters. The number of aromatic nitrogens is 1. The SMILES string of the molecule is Cl.O=C1CSc2ccc(CCNC(=O)c3cccnc3)cc2N1. The number of rotatable bonds is 4. The van der Waals surface area contributed by atoms with Crippen LogP contribution in [0.3, 0.4) is 0 Å². The number of anilines is 1. The van der Waals surface area contributed by atoms with Crippen LogP contribution < -0.4 is 10.6 Å². The van der Waals surface area contributed by atoms with Crippen molar-refractivity contribution < 1.29 is 9.59 Å². The Balaban J connectivity index is 0.00000192. The van der Waals surface area contributed by atoms with Gasteiger partial charge in [0, 0.05) is 23.8 Å². The Kier molecular flexibility index (Phi) is 6.01. The van der Waals surface area contributed by atoms with Crippen LogP contribution in [0.15, 0.2) is 47.6 Å². The average Bonchev–Trinajstić information content (AvgIpc) is 2.55. The zero-order valence-corrected chi connectivity index (χ0v) is 13.9. The van der Waals surface area contributed by atoms with E-state index in [9.17, 15) is 9.59 Å². The molecular weight excluding hydrogens is 334 g/mol. The number of thioether (sulfide) groups is 1. The van der Waals surface area contributed by atoms with Gasteiger partial charge in [-0.15, -0.1) is 24.2 Å². The monoisotopic (exact) mass is 349 g/mol. The first-order valence-electron chi connectivity index (χ1n) is 6.96. The fourth-order valence-electron chi connectivity index (χ4n) is 2.21. The Labute approximate surface area is 144 Å². The van der Waals surface area contributed by atoms with Gasteiger partial charge in [-0.05, 0) is 36.2 Å². The van der Waals surface area contributed by atoms with Gasteiger partial charge < -0.3 is 10.6 Å². The van der Waals surface area contributed by atoms with Gasteiger partial charge in [-0.1, -0.05) is 6.07 Å². The summed E-state index contributed by atoms with van der Waals surface area (Å²) < 4.78 is 0. The van der Waals surface area contributed by atoms with Gasteiger partial charge in [0.25, 0.3) is 5.91 Å². The Morgan fingerprint density at radius 3 is 3.00 bits per heavy atom. The van der Waals surface area contributed by atoms with Gasteiger partial charge in [-0.3, -0.25) is 14.6 Å². The molecule has 0 radical (unpaired) electrons. The summed E-state index contributed by atoms with van der Waals surface area (Å²) in [5, 5.41) is 5.73.